The van der Waals surface area contributed by atoms with E-state index < -0.39 is 0 Å². The van der Waals surface area contributed by atoms with Crippen molar-refractivity contribution in [2.24, 2.45) is 0 Å². The van der Waals surface area contributed by atoms with E-state index in [0.29, 0.717) is 6.04 Å². The quantitative estimate of drug-likeness (QED) is 0.667. The molecule has 1 N–H and O–H groups in total. The van der Waals surface area contributed by atoms with Crippen molar-refractivity contribution in [3.05, 3.63) is 23.7 Å². The van der Waals surface area contributed by atoms with E-state index in [0.717, 1.165) is 31.8 Å². The van der Waals surface area contributed by atoms with Gasteiger partial charge in [-0.25, -0.2) is 0 Å². The third kappa shape index (κ3) is 5.59. The standard InChI is InChI=1S/C15H28N2OS/c1-5-8-16-10-15-13(7-9-18-15)11-17(3)14(6-2)12-19-4/h7,9,14,16H,5-6,8,10-12H2,1-4H3. The lowest BCUT2D eigenvalue weighted by Gasteiger charge is -2.26. The van der Waals surface area contributed by atoms with Crippen LogP contribution in [-0.4, -0.2) is 36.5 Å². The summed E-state index contributed by atoms with van der Waals surface area (Å²) >= 11 is 1.92. The molecule has 0 radical (unpaired) electrons. The van der Waals surface area contributed by atoms with Crippen molar-refractivity contribution in [2.45, 2.75) is 45.8 Å². The Morgan fingerprint density at radius 1 is 1.42 bits per heavy atom. The summed E-state index contributed by atoms with van der Waals surface area (Å²) in [5.41, 5.74) is 1.31. The third-order valence-corrected chi connectivity index (χ3v) is 4.14. The molecule has 0 amide bonds. The van der Waals surface area contributed by atoms with Crippen molar-refractivity contribution >= 4 is 11.8 Å². The second-order valence-electron chi connectivity index (χ2n) is 4.98. The van der Waals surface area contributed by atoms with Crippen molar-refractivity contribution in [2.75, 3.05) is 25.6 Å². The van der Waals surface area contributed by atoms with Crippen LogP contribution in [-0.2, 0) is 13.1 Å². The molecular weight excluding hydrogens is 256 g/mol. The molecule has 19 heavy (non-hydrogen) atoms. The number of rotatable bonds is 10. The van der Waals surface area contributed by atoms with E-state index >= 15 is 0 Å². The lowest BCUT2D eigenvalue weighted by molar-refractivity contribution is 0.245. The fourth-order valence-corrected chi connectivity index (χ4v) is 3.06. The predicted molar refractivity (Wildman–Crippen MR) is 84.6 cm³/mol. The predicted octanol–water partition coefficient (Wildman–Crippen LogP) is 3.35. The number of hydrogen-bond acceptors (Lipinski definition) is 4. The largest absolute Gasteiger partial charge is 0.468 e. The van der Waals surface area contributed by atoms with Gasteiger partial charge in [0.2, 0.25) is 0 Å². The van der Waals surface area contributed by atoms with Crippen LogP contribution in [0.25, 0.3) is 0 Å². The summed E-state index contributed by atoms with van der Waals surface area (Å²) in [6.07, 6.45) is 6.33. The van der Waals surface area contributed by atoms with Crippen molar-refractivity contribution in [1.29, 1.82) is 0 Å². The molecule has 3 nitrogen and oxygen atoms in total. The molecule has 1 unspecified atom stereocenters. The average molecular weight is 284 g/mol. The number of furan rings is 1. The summed E-state index contributed by atoms with van der Waals surface area (Å²) < 4.78 is 5.59. The molecule has 0 fully saturated rings. The minimum atomic E-state index is 0.640. The van der Waals surface area contributed by atoms with Crippen LogP contribution in [0.3, 0.4) is 0 Å². The number of nitrogens with one attached hydrogen (secondary N) is 1. The third-order valence-electron chi connectivity index (χ3n) is 3.42. The van der Waals surface area contributed by atoms with E-state index in [-0.39, 0.29) is 0 Å². The summed E-state index contributed by atoms with van der Waals surface area (Å²) in [4.78, 5) is 2.44. The summed E-state index contributed by atoms with van der Waals surface area (Å²) in [5, 5.41) is 3.40. The van der Waals surface area contributed by atoms with Gasteiger partial charge in [0.05, 0.1) is 12.8 Å². The highest BCUT2D eigenvalue weighted by atomic mass is 32.2. The van der Waals surface area contributed by atoms with Crippen molar-refractivity contribution < 1.29 is 4.42 Å². The zero-order valence-corrected chi connectivity index (χ0v) is 13.6. The molecule has 110 valence electrons. The molecule has 1 aromatic heterocycles. The molecule has 0 aliphatic carbocycles. The zero-order valence-electron chi connectivity index (χ0n) is 12.7. The van der Waals surface area contributed by atoms with Crippen molar-refractivity contribution in [3.63, 3.8) is 0 Å². The first-order chi connectivity index (χ1) is 9.22. The zero-order chi connectivity index (χ0) is 14.1. The van der Waals surface area contributed by atoms with Gasteiger partial charge >= 0.3 is 0 Å². The molecule has 0 saturated carbocycles. The van der Waals surface area contributed by atoms with E-state index in [4.69, 9.17) is 4.42 Å². The van der Waals surface area contributed by atoms with E-state index in [1.54, 1.807) is 0 Å². The Balaban J connectivity index is 2.53. The van der Waals surface area contributed by atoms with Crippen molar-refractivity contribution in [1.82, 2.24) is 10.2 Å². The van der Waals surface area contributed by atoms with Gasteiger partial charge in [-0.1, -0.05) is 13.8 Å². The highest BCUT2D eigenvalue weighted by Crippen LogP contribution is 2.16. The maximum atomic E-state index is 5.59. The first kappa shape index (κ1) is 16.6. The van der Waals surface area contributed by atoms with E-state index in [9.17, 15) is 0 Å². The summed E-state index contributed by atoms with van der Waals surface area (Å²) in [7, 11) is 2.21. The second kappa shape index (κ2) is 9.45. The Hall–Kier alpha value is -0.450. The van der Waals surface area contributed by atoms with Crippen LogP contribution in [0.2, 0.25) is 0 Å². The highest BCUT2D eigenvalue weighted by Gasteiger charge is 2.15. The minimum Gasteiger partial charge on any atom is -0.468 e. The van der Waals surface area contributed by atoms with Crippen LogP contribution in [0, 0.1) is 0 Å². The van der Waals surface area contributed by atoms with Gasteiger partial charge in [0.15, 0.2) is 0 Å². The number of hydrogen-bond donors (Lipinski definition) is 1. The van der Waals surface area contributed by atoms with Crippen LogP contribution in [0.4, 0.5) is 0 Å². The molecule has 1 rings (SSSR count). The molecule has 1 heterocycles. The lowest BCUT2D eigenvalue weighted by atomic mass is 10.2. The molecule has 0 spiro atoms. The van der Waals surface area contributed by atoms with Crippen molar-refractivity contribution in [3.8, 4) is 0 Å². The fourth-order valence-electron chi connectivity index (χ4n) is 2.19. The molecule has 0 bridgehead atoms. The Kier molecular flexibility index (Phi) is 8.26. The molecular formula is C15H28N2OS. The first-order valence-corrected chi connectivity index (χ1v) is 8.57. The molecule has 0 aliphatic rings. The van der Waals surface area contributed by atoms with Gasteiger partial charge in [-0.3, -0.25) is 4.90 Å². The monoisotopic (exact) mass is 284 g/mol. The second-order valence-corrected chi connectivity index (χ2v) is 5.89. The first-order valence-electron chi connectivity index (χ1n) is 7.18. The summed E-state index contributed by atoms with van der Waals surface area (Å²) in [6.45, 7) is 7.29. The van der Waals surface area contributed by atoms with E-state index in [2.05, 4.69) is 43.4 Å². The van der Waals surface area contributed by atoms with Gasteiger partial charge in [0.1, 0.15) is 5.76 Å². The van der Waals surface area contributed by atoms with Gasteiger partial charge in [-0.05, 0) is 38.8 Å². The van der Waals surface area contributed by atoms with Crippen LogP contribution in [0.1, 0.15) is 38.0 Å². The maximum absolute atomic E-state index is 5.59. The van der Waals surface area contributed by atoms with E-state index in [1.165, 1.54) is 17.7 Å². The molecule has 0 saturated heterocycles. The maximum Gasteiger partial charge on any atom is 0.122 e. The Labute approximate surface area is 122 Å². The molecule has 0 aliphatic heterocycles. The Morgan fingerprint density at radius 2 is 2.21 bits per heavy atom. The van der Waals surface area contributed by atoms with Gasteiger partial charge in [-0.2, -0.15) is 11.8 Å². The number of thioether (sulfide) groups is 1. The fraction of sp³-hybridized carbons (Fsp3) is 0.733. The summed E-state index contributed by atoms with van der Waals surface area (Å²) in [5.74, 6) is 2.27. The van der Waals surface area contributed by atoms with Gasteiger partial charge in [-0.15, -0.1) is 0 Å². The number of nitrogens with zero attached hydrogens (tertiary/aromatic N) is 1. The van der Waals surface area contributed by atoms with Crippen LogP contribution >= 0.6 is 11.8 Å². The van der Waals surface area contributed by atoms with Crippen LogP contribution < -0.4 is 5.32 Å². The SMILES string of the molecule is CCCNCc1occc1CN(C)C(CC)CSC. The molecule has 1 aromatic rings. The molecule has 0 aromatic carbocycles. The smallest absolute Gasteiger partial charge is 0.122 e. The Bertz CT molecular complexity index is 341. The Morgan fingerprint density at radius 3 is 2.84 bits per heavy atom. The highest BCUT2D eigenvalue weighted by molar-refractivity contribution is 7.98. The average Bonchev–Trinajstić information content (AvgIpc) is 2.83. The normalized spacial score (nSPS) is 13.1. The summed E-state index contributed by atoms with van der Waals surface area (Å²) in [6, 6.07) is 2.74. The van der Waals surface area contributed by atoms with E-state index in [1.807, 2.05) is 18.0 Å². The van der Waals surface area contributed by atoms with Gasteiger partial charge in [0, 0.05) is 23.9 Å². The van der Waals surface area contributed by atoms with Crippen LogP contribution in [0.15, 0.2) is 16.7 Å². The van der Waals surface area contributed by atoms with Gasteiger partial charge < -0.3 is 9.73 Å². The molecule has 4 heteroatoms. The van der Waals surface area contributed by atoms with Crippen LogP contribution in [0.5, 0.6) is 0 Å². The topological polar surface area (TPSA) is 28.4 Å². The lowest BCUT2D eigenvalue weighted by Crippen LogP contribution is -2.33. The minimum absolute atomic E-state index is 0.640. The molecule has 1 atom stereocenters. The van der Waals surface area contributed by atoms with Gasteiger partial charge in [0.25, 0.3) is 0 Å².